The van der Waals surface area contributed by atoms with Crippen LogP contribution in [0.25, 0.3) is 33.3 Å². The molecule has 0 bridgehead atoms. The molecule has 218 valence electrons. The van der Waals surface area contributed by atoms with E-state index in [9.17, 15) is 18.8 Å². The molecule has 0 aliphatic carbocycles. The van der Waals surface area contributed by atoms with Crippen LogP contribution in [0.4, 0.5) is 10.1 Å². The SMILES string of the molecule is NC(=O)c1nn(CC(=O)N2CC(F)CC2C(=O)Nc2c[nH]nc2-c2ccc(Cl)cc2Cl)c2ccc(-c3ccnnc3)cc12. The second-order valence-corrected chi connectivity index (χ2v) is 10.7. The number of fused-ring (bicyclic) bond motifs is 1. The summed E-state index contributed by atoms with van der Waals surface area (Å²) in [6, 6.07) is 10.7. The van der Waals surface area contributed by atoms with Gasteiger partial charge in [0.2, 0.25) is 11.8 Å². The second-order valence-electron chi connectivity index (χ2n) is 9.89. The third-order valence-electron chi connectivity index (χ3n) is 7.14. The smallest absolute Gasteiger partial charge is 0.269 e. The fourth-order valence-electron chi connectivity index (χ4n) is 5.14. The van der Waals surface area contributed by atoms with Crippen LogP contribution in [0.5, 0.6) is 0 Å². The number of carbonyl (C=O) groups excluding carboxylic acids is 3. The molecular weight excluding hydrogens is 600 g/mol. The molecule has 43 heavy (non-hydrogen) atoms. The van der Waals surface area contributed by atoms with Gasteiger partial charge in [0.05, 0.1) is 35.2 Å². The summed E-state index contributed by atoms with van der Waals surface area (Å²) in [5.74, 6) is -1.93. The van der Waals surface area contributed by atoms with E-state index in [4.69, 9.17) is 28.9 Å². The van der Waals surface area contributed by atoms with E-state index in [2.05, 4.69) is 30.8 Å². The molecule has 6 rings (SSSR count). The molecule has 12 nitrogen and oxygen atoms in total. The van der Waals surface area contributed by atoms with Crippen molar-refractivity contribution in [2.45, 2.75) is 25.2 Å². The van der Waals surface area contributed by atoms with Crippen molar-refractivity contribution in [3.05, 3.63) is 76.8 Å². The molecule has 1 fully saturated rings. The van der Waals surface area contributed by atoms with Crippen molar-refractivity contribution in [1.82, 2.24) is 35.1 Å². The van der Waals surface area contributed by atoms with Crippen LogP contribution in [0.2, 0.25) is 10.0 Å². The van der Waals surface area contributed by atoms with E-state index in [0.29, 0.717) is 37.9 Å². The van der Waals surface area contributed by atoms with Gasteiger partial charge >= 0.3 is 0 Å². The number of aromatic amines is 1. The van der Waals surface area contributed by atoms with Crippen LogP contribution in [0.1, 0.15) is 16.9 Å². The minimum absolute atomic E-state index is 0.0286. The monoisotopic (exact) mass is 621 g/mol. The van der Waals surface area contributed by atoms with E-state index in [1.165, 1.54) is 22.0 Å². The molecule has 4 N–H and O–H groups in total. The number of primary amides is 1. The maximum atomic E-state index is 14.7. The number of hydrogen-bond acceptors (Lipinski definition) is 7. The molecule has 2 atom stereocenters. The summed E-state index contributed by atoms with van der Waals surface area (Å²) in [7, 11) is 0. The number of nitrogens with zero attached hydrogens (tertiary/aromatic N) is 6. The highest BCUT2D eigenvalue weighted by molar-refractivity contribution is 6.36. The minimum Gasteiger partial charge on any atom is -0.364 e. The zero-order chi connectivity index (χ0) is 30.2. The van der Waals surface area contributed by atoms with Crippen LogP contribution in [0, 0.1) is 0 Å². The first-order valence-electron chi connectivity index (χ1n) is 13.0. The van der Waals surface area contributed by atoms with Gasteiger partial charge in [0.15, 0.2) is 5.69 Å². The van der Waals surface area contributed by atoms with Crippen molar-refractivity contribution in [2.24, 2.45) is 5.73 Å². The summed E-state index contributed by atoms with van der Waals surface area (Å²) in [6.07, 6.45) is 2.96. The number of halogens is 3. The number of nitrogens with two attached hydrogens (primary N) is 1. The van der Waals surface area contributed by atoms with Crippen LogP contribution in [-0.2, 0) is 16.1 Å². The van der Waals surface area contributed by atoms with E-state index in [-0.39, 0.29) is 25.2 Å². The van der Waals surface area contributed by atoms with E-state index in [0.717, 1.165) is 11.1 Å². The van der Waals surface area contributed by atoms with Gasteiger partial charge in [-0.1, -0.05) is 29.3 Å². The summed E-state index contributed by atoms with van der Waals surface area (Å²) < 4.78 is 16.0. The molecule has 1 saturated heterocycles. The van der Waals surface area contributed by atoms with Crippen molar-refractivity contribution in [2.75, 3.05) is 11.9 Å². The lowest BCUT2D eigenvalue weighted by Gasteiger charge is -2.23. The second kappa shape index (κ2) is 11.4. The van der Waals surface area contributed by atoms with Crippen molar-refractivity contribution < 1.29 is 18.8 Å². The first-order valence-corrected chi connectivity index (χ1v) is 13.8. The summed E-state index contributed by atoms with van der Waals surface area (Å²) in [4.78, 5) is 40.3. The number of rotatable bonds is 7. The number of hydrogen-bond donors (Lipinski definition) is 3. The van der Waals surface area contributed by atoms with Crippen LogP contribution < -0.4 is 11.1 Å². The predicted molar refractivity (Wildman–Crippen MR) is 157 cm³/mol. The number of amides is 3. The van der Waals surface area contributed by atoms with Gasteiger partial charge in [-0.15, -0.1) is 0 Å². The average molecular weight is 622 g/mol. The third-order valence-corrected chi connectivity index (χ3v) is 7.69. The van der Waals surface area contributed by atoms with Gasteiger partial charge in [0.25, 0.3) is 5.91 Å². The van der Waals surface area contributed by atoms with Gasteiger partial charge in [-0.05, 0) is 42.0 Å². The Morgan fingerprint density at radius 2 is 1.93 bits per heavy atom. The Morgan fingerprint density at radius 3 is 2.67 bits per heavy atom. The third kappa shape index (κ3) is 5.51. The number of carbonyl (C=O) groups is 3. The van der Waals surface area contributed by atoms with Gasteiger partial charge in [-0.3, -0.25) is 24.2 Å². The highest BCUT2D eigenvalue weighted by Gasteiger charge is 2.40. The number of aromatic nitrogens is 6. The van der Waals surface area contributed by atoms with E-state index >= 15 is 0 Å². The Morgan fingerprint density at radius 1 is 1.09 bits per heavy atom. The number of nitrogens with one attached hydrogen (secondary N) is 2. The molecular formula is C28H22Cl2FN9O3. The van der Waals surface area contributed by atoms with E-state index < -0.39 is 29.9 Å². The van der Waals surface area contributed by atoms with Crippen molar-refractivity contribution >= 4 is 57.5 Å². The highest BCUT2D eigenvalue weighted by atomic mass is 35.5. The topological polar surface area (TPSA) is 165 Å². The Labute approximate surface area is 253 Å². The summed E-state index contributed by atoms with van der Waals surface area (Å²) >= 11 is 12.3. The lowest BCUT2D eigenvalue weighted by atomic mass is 10.0. The van der Waals surface area contributed by atoms with Crippen molar-refractivity contribution in [1.29, 1.82) is 0 Å². The maximum absolute atomic E-state index is 14.7. The molecule has 0 radical (unpaired) electrons. The fraction of sp³-hybridized carbons (Fsp3) is 0.179. The number of alkyl halides is 1. The lowest BCUT2D eigenvalue weighted by Crippen LogP contribution is -2.44. The molecule has 2 aromatic carbocycles. The normalized spacial score (nSPS) is 16.5. The van der Waals surface area contributed by atoms with Crippen LogP contribution in [0.15, 0.2) is 61.1 Å². The quantitative estimate of drug-likeness (QED) is 0.248. The molecule has 0 saturated carbocycles. The zero-order valence-corrected chi connectivity index (χ0v) is 23.7. The largest absolute Gasteiger partial charge is 0.364 e. The minimum atomic E-state index is -1.42. The van der Waals surface area contributed by atoms with Crippen LogP contribution in [0.3, 0.4) is 0 Å². The molecule has 5 aromatic rings. The Balaban J connectivity index is 1.24. The Hall–Kier alpha value is -4.88. The number of H-pyrrole nitrogens is 1. The van der Waals surface area contributed by atoms with Gasteiger partial charge in [-0.2, -0.15) is 20.4 Å². The average Bonchev–Trinajstić information content (AvgIpc) is 3.70. The molecule has 4 heterocycles. The van der Waals surface area contributed by atoms with Crippen LogP contribution in [-0.4, -0.2) is 71.6 Å². The van der Waals surface area contributed by atoms with E-state index in [1.807, 2.05) is 0 Å². The Bertz CT molecular complexity index is 1880. The van der Waals surface area contributed by atoms with Gasteiger partial charge in [0.1, 0.15) is 24.5 Å². The number of likely N-dealkylation sites (tertiary alicyclic amines) is 1. The summed E-state index contributed by atoms with van der Waals surface area (Å²) in [6.45, 7) is -0.632. The molecule has 1 aliphatic rings. The zero-order valence-electron chi connectivity index (χ0n) is 22.2. The maximum Gasteiger partial charge on any atom is 0.269 e. The molecule has 15 heteroatoms. The van der Waals surface area contributed by atoms with E-state index in [1.54, 1.807) is 48.7 Å². The lowest BCUT2D eigenvalue weighted by molar-refractivity contribution is -0.137. The molecule has 1 aliphatic heterocycles. The first kappa shape index (κ1) is 28.2. The molecule has 2 unspecified atom stereocenters. The molecule has 0 spiro atoms. The summed E-state index contributed by atoms with van der Waals surface area (Å²) in [5.41, 5.74) is 8.70. The van der Waals surface area contributed by atoms with Crippen molar-refractivity contribution in [3.8, 4) is 22.4 Å². The highest BCUT2D eigenvalue weighted by Crippen LogP contribution is 2.34. The fourth-order valence-corrected chi connectivity index (χ4v) is 5.64. The van der Waals surface area contributed by atoms with Gasteiger partial charge < -0.3 is 16.0 Å². The van der Waals surface area contributed by atoms with Gasteiger partial charge in [0, 0.05) is 34.2 Å². The molecule has 3 aromatic heterocycles. The number of anilines is 1. The summed E-state index contributed by atoms with van der Waals surface area (Å²) in [5, 5.41) is 22.7. The Kier molecular flexibility index (Phi) is 7.50. The standard InChI is InChI=1S/C28H22Cl2FN9O3/c29-16-2-3-18(20(30)8-16)25-21(11-35-37-25)36-28(43)23-9-17(31)12-39(23)24(41)13-40-22-4-1-14(15-5-6-33-34-10-15)7-19(22)26(38-40)27(32)42/h1-8,10-11,17,23H,9,12-13H2,(H2,32,42)(H,35,37)(H,36,43). The molecule has 3 amide bonds. The predicted octanol–water partition coefficient (Wildman–Crippen LogP) is 3.87. The van der Waals surface area contributed by atoms with Crippen molar-refractivity contribution in [3.63, 3.8) is 0 Å². The van der Waals surface area contributed by atoms with Gasteiger partial charge in [-0.25, -0.2) is 4.39 Å². The number of benzene rings is 2. The first-order chi connectivity index (χ1) is 20.7. The van der Waals surface area contributed by atoms with Crippen LogP contribution >= 0.6 is 23.2 Å².